The molecule has 0 fully saturated rings. The largest absolute Gasteiger partial charge is 0.511 e. The van der Waals surface area contributed by atoms with E-state index < -0.39 is 30.2 Å². The van der Waals surface area contributed by atoms with E-state index in [0.717, 1.165) is 58.4 Å². The maximum absolute atomic E-state index is 13.7. The summed E-state index contributed by atoms with van der Waals surface area (Å²) in [5.41, 5.74) is 13.8. The predicted octanol–water partition coefficient (Wildman–Crippen LogP) is 12.1. The van der Waals surface area contributed by atoms with E-state index in [4.69, 9.17) is 16.6 Å². The van der Waals surface area contributed by atoms with Crippen LogP contribution >= 0.6 is 23.5 Å². The van der Waals surface area contributed by atoms with E-state index in [-0.39, 0.29) is 40.8 Å². The number of aliphatic hydroxyl groups excluding tert-OH is 1. The molecule has 4 aromatic rings. The van der Waals surface area contributed by atoms with Crippen LogP contribution in [-0.4, -0.2) is 62.6 Å². The van der Waals surface area contributed by atoms with E-state index in [1.54, 1.807) is 36.4 Å². The van der Waals surface area contributed by atoms with Gasteiger partial charge < -0.3 is 26.8 Å². The fourth-order valence-corrected chi connectivity index (χ4v) is 8.04. The Hall–Kier alpha value is -3.81. The summed E-state index contributed by atoms with van der Waals surface area (Å²) in [7, 11) is 0. The average Bonchev–Trinajstić information content (AvgIpc) is 3.22. The first-order chi connectivity index (χ1) is 27.9. The minimum absolute atomic E-state index is 0.0118. The summed E-state index contributed by atoms with van der Waals surface area (Å²) < 4.78 is 54.4. The standard InChI is InChI=1S/C23H30FNOS.C20H22F3NO3S.2C2H6/c1-16-15-20(24)9-10-21(16)18-5-7-19(8-6-18)23(3,4)12-14-27-13-11-22(25)17(2)26;21-20(22,23)19(27,10-12-28-11-9-17(24)18(25)26)16-8-4-7-15(13-16)14-5-2-1-3-6-14;2*1-2/h5-10,15,22,26H,2,11-14,25H2,1,3-4H3;1-8,13,17,27H,9-12,24H2,(H,25,26);2*1-2H3. The number of halogens is 4. The molecular formula is C47H64F4N2O4S2. The van der Waals surface area contributed by atoms with Gasteiger partial charge in [-0.25, -0.2) is 4.39 Å². The van der Waals surface area contributed by atoms with E-state index in [2.05, 4.69) is 44.7 Å². The first-order valence-corrected chi connectivity index (χ1v) is 22.3. The van der Waals surface area contributed by atoms with Crippen LogP contribution in [0.15, 0.2) is 109 Å². The number of aliphatic carboxylic acids is 1. The summed E-state index contributed by atoms with van der Waals surface area (Å²) in [6, 6.07) is 26.9. The van der Waals surface area contributed by atoms with Crippen molar-refractivity contribution in [2.45, 2.75) is 103 Å². The molecule has 0 radical (unpaired) electrons. The molecule has 6 nitrogen and oxygen atoms in total. The lowest BCUT2D eigenvalue weighted by Crippen LogP contribution is -2.42. The zero-order valence-corrected chi connectivity index (χ0v) is 37.1. The zero-order valence-electron chi connectivity index (χ0n) is 35.5. The van der Waals surface area contributed by atoms with Gasteiger partial charge in [0.25, 0.3) is 0 Å². The van der Waals surface area contributed by atoms with Crippen molar-refractivity contribution in [2.75, 3.05) is 23.0 Å². The molecule has 3 atom stereocenters. The minimum atomic E-state index is -4.85. The van der Waals surface area contributed by atoms with Crippen LogP contribution in [-0.2, 0) is 15.8 Å². The monoisotopic (exact) mass is 860 g/mol. The van der Waals surface area contributed by atoms with Crippen molar-refractivity contribution in [3.8, 4) is 22.3 Å². The molecule has 0 amide bonds. The second-order valence-corrected chi connectivity index (χ2v) is 16.5. The summed E-state index contributed by atoms with van der Waals surface area (Å²) in [6.45, 7) is 17.9. The van der Waals surface area contributed by atoms with Crippen molar-refractivity contribution < 1.29 is 37.7 Å². The number of rotatable bonds is 18. The van der Waals surface area contributed by atoms with Gasteiger partial charge in [0.2, 0.25) is 0 Å². The van der Waals surface area contributed by atoms with Crippen LogP contribution in [0.25, 0.3) is 22.3 Å². The third-order valence-electron chi connectivity index (χ3n) is 9.45. The topological polar surface area (TPSA) is 130 Å². The molecule has 4 aromatic carbocycles. The van der Waals surface area contributed by atoms with Gasteiger partial charge in [-0.2, -0.15) is 36.7 Å². The number of hydrogen-bond donors (Lipinski definition) is 5. The molecule has 0 aromatic heterocycles. The van der Waals surface area contributed by atoms with Crippen LogP contribution in [0.2, 0.25) is 0 Å². The van der Waals surface area contributed by atoms with Gasteiger partial charge in [0.05, 0.1) is 6.04 Å². The smallest absolute Gasteiger partial charge is 0.421 e. The molecule has 3 unspecified atom stereocenters. The van der Waals surface area contributed by atoms with Crippen molar-refractivity contribution >= 4 is 29.5 Å². The Morgan fingerprint density at radius 2 is 1.24 bits per heavy atom. The van der Waals surface area contributed by atoms with Gasteiger partial charge in [-0.05, 0) is 118 Å². The lowest BCUT2D eigenvalue weighted by molar-refractivity contribution is -0.267. The first kappa shape index (κ1) is 53.2. The van der Waals surface area contributed by atoms with Gasteiger partial charge in [-0.15, -0.1) is 0 Å². The molecule has 0 bridgehead atoms. The molecule has 12 heteroatoms. The minimum Gasteiger partial charge on any atom is -0.511 e. The van der Waals surface area contributed by atoms with E-state index in [0.29, 0.717) is 11.3 Å². The Morgan fingerprint density at radius 3 is 1.76 bits per heavy atom. The highest BCUT2D eigenvalue weighted by Gasteiger charge is 2.54. The Morgan fingerprint density at radius 1 is 0.695 bits per heavy atom. The number of nitrogens with two attached hydrogens (primary N) is 2. The number of thioether (sulfide) groups is 2. The molecule has 7 N–H and O–H groups in total. The normalized spacial score (nSPS) is 13.2. The van der Waals surface area contributed by atoms with Crippen molar-refractivity contribution in [1.29, 1.82) is 0 Å². The van der Waals surface area contributed by atoms with Crippen molar-refractivity contribution in [2.24, 2.45) is 11.5 Å². The van der Waals surface area contributed by atoms with E-state index in [9.17, 15) is 32.6 Å². The van der Waals surface area contributed by atoms with Crippen LogP contribution in [0.5, 0.6) is 0 Å². The first-order valence-electron chi connectivity index (χ1n) is 19.9. The summed E-state index contributed by atoms with van der Waals surface area (Å²) in [5, 5.41) is 28.5. The maximum atomic E-state index is 13.7. The van der Waals surface area contributed by atoms with Crippen LogP contribution in [0.4, 0.5) is 17.6 Å². The SMILES string of the molecule is C=C(O)C(N)CCSCCC(C)(C)c1ccc(-c2ccc(F)cc2C)cc1.CC.CC.NC(CCSCCC(O)(c1cccc(-c2ccccc2)c1)C(F)(F)F)C(=O)O. The summed E-state index contributed by atoms with van der Waals surface area (Å²) >= 11 is 2.99. The number of carboxylic acid groups (broad SMARTS) is 1. The summed E-state index contributed by atoms with van der Waals surface area (Å²) in [5.74, 6) is 0.979. The number of carboxylic acids is 1. The number of aliphatic hydroxyl groups is 2. The molecule has 0 aliphatic carbocycles. The van der Waals surface area contributed by atoms with Crippen LogP contribution in [0.1, 0.15) is 83.9 Å². The quantitative estimate of drug-likeness (QED) is 0.0380. The maximum Gasteiger partial charge on any atom is 0.421 e. The molecule has 4 rings (SSSR count). The highest BCUT2D eigenvalue weighted by atomic mass is 32.2. The fraction of sp³-hybridized carbons (Fsp3) is 0.426. The van der Waals surface area contributed by atoms with Crippen molar-refractivity contribution in [1.82, 2.24) is 0 Å². The van der Waals surface area contributed by atoms with E-state index >= 15 is 0 Å². The molecule has 0 aliphatic rings. The summed E-state index contributed by atoms with van der Waals surface area (Å²) in [6.07, 6.45) is -3.44. The Kier molecular flexibility index (Phi) is 23.8. The van der Waals surface area contributed by atoms with Crippen LogP contribution < -0.4 is 11.5 Å². The molecule has 0 spiro atoms. The Labute approximate surface area is 357 Å². The predicted molar refractivity (Wildman–Crippen MR) is 243 cm³/mol. The lowest BCUT2D eigenvalue weighted by Gasteiger charge is -2.31. The highest BCUT2D eigenvalue weighted by molar-refractivity contribution is 7.99. The van der Waals surface area contributed by atoms with Gasteiger partial charge in [0, 0.05) is 0 Å². The highest BCUT2D eigenvalue weighted by Crippen LogP contribution is 2.43. The fourth-order valence-electron chi connectivity index (χ4n) is 5.69. The van der Waals surface area contributed by atoms with Gasteiger partial charge in [-0.3, -0.25) is 4.79 Å². The van der Waals surface area contributed by atoms with E-state index in [1.807, 2.05) is 58.5 Å². The number of carbonyl (C=O) groups is 1. The number of aryl methyl sites for hydroxylation is 1. The van der Waals surface area contributed by atoms with Gasteiger partial charge >= 0.3 is 12.1 Å². The van der Waals surface area contributed by atoms with Crippen molar-refractivity contribution in [3.63, 3.8) is 0 Å². The molecule has 59 heavy (non-hydrogen) atoms. The Bertz CT molecular complexity index is 1830. The van der Waals surface area contributed by atoms with E-state index in [1.165, 1.54) is 29.8 Å². The third kappa shape index (κ3) is 17.4. The molecule has 0 saturated carbocycles. The molecule has 0 heterocycles. The van der Waals surface area contributed by atoms with Crippen molar-refractivity contribution in [3.05, 3.63) is 132 Å². The van der Waals surface area contributed by atoms with Gasteiger partial charge in [0.15, 0.2) is 5.60 Å². The zero-order chi connectivity index (χ0) is 44.8. The Balaban J connectivity index is 0.000000544. The number of alkyl halides is 3. The molecule has 326 valence electrons. The molecule has 0 aliphatic heterocycles. The lowest BCUT2D eigenvalue weighted by atomic mass is 9.81. The van der Waals surface area contributed by atoms with Crippen LogP contribution in [0.3, 0.4) is 0 Å². The van der Waals surface area contributed by atoms with Gasteiger partial charge in [-0.1, -0.05) is 127 Å². The number of benzene rings is 4. The average molecular weight is 861 g/mol. The second kappa shape index (κ2) is 26.4. The van der Waals surface area contributed by atoms with Crippen LogP contribution in [0, 0.1) is 12.7 Å². The van der Waals surface area contributed by atoms with Gasteiger partial charge in [0.1, 0.15) is 17.6 Å². The summed E-state index contributed by atoms with van der Waals surface area (Å²) in [4.78, 5) is 10.7. The number of hydrogen-bond acceptors (Lipinski definition) is 7. The molecular weight excluding hydrogens is 797 g/mol. The third-order valence-corrected chi connectivity index (χ3v) is 11.5. The second-order valence-electron chi connectivity index (χ2n) is 14.1. The molecule has 0 saturated heterocycles.